The average molecular weight is 353 g/mol. The van der Waals surface area contributed by atoms with Gasteiger partial charge in [-0.3, -0.25) is 9.59 Å². The molecule has 0 aromatic heterocycles. The molecule has 4 heteroatoms. The maximum Gasteiger partial charge on any atom is 0.232 e. The second kappa shape index (κ2) is 8.34. The molecule has 2 aromatic rings. The van der Waals surface area contributed by atoms with E-state index < -0.39 is 0 Å². The third kappa shape index (κ3) is 4.31. The Morgan fingerprint density at radius 2 is 1.72 bits per heavy atom. The number of thioether (sulfide) groups is 1. The lowest BCUT2D eigenvalue weighted by Gasteiger charge is -2.32. The Morgan fingerprint density at radius 3 is 2.40 bits per heavy atom. The molecule has 0 saturated carbocycles. The minimum Gasteiger partial charge on any atom is -0.341 e. The molecule has 1 atom stereocenters. The molecule has 2 aromatic carbocycles. The molecule has 3 rings (SSSR count). The molecule has 0 spiro atoms. The van der Waals surface area contributed by atoms with E-state index in [1.165, 1.54) is 11.8 Å². The van der Waals surface area contributed by atoms with Crippen molar-refractivity contribution in [3.8, 4) is 11.1 Å². The van der Waals surface area contributed by atoms with Crippen LogP contribution in [0.4, 0.5) is 0 Å². The van der Waals surface area contributed by atoms with Crippen molar-refractivity contribution in [2.45, 2.75) is 12.8 Å². The number of likely N-dealkylation sites (tertiary alicyclic amines) is 1. The first kappa shape index (κ1) is 17.7. The molecule has 1 aliphatic heterocycles. The topological polar surface area (TPSA) is 37.4 Å². The third-order valence-electron chi connectivity index (χ3n) is 4.69. The SMILES string of the molecule is CSCC(=O)N1CCCC(C(=O)c2ccc(-c3ccccc3)cc2)C1. The number of carbonyl (C=O) groups excluding carboxylic acids is 2. The number of piperidine rings is 1. The van der Waals surface area contributed by atoms with Crippen molar-refractivity contribution >= 4 is 23.5 Å². The summed E-state index contributed by atoms with van der Waals surface area (Å²) in [7, 11) is 0. The number of amides is 1. The predicted octanol–water partition coefficient (Wildman–Crippen LogP) is 4.14. The summed E-state index contributed by atoms with van der Waals surface area (Å²) in [5, 5.41) is 0. The van der Waals surface area contributed by atoms with Crippen LogP contribution in [-0.4, -0.2) is 41.7 Å². The molecule has 1 heterocycles. The highest BCUT2D eigenvalue weighted by atomic mass is 32.2. The minimum absolute atomic E-state index is 0.0814. The largest absolute Gasteiger partial charge is 0.341 e. The van der Waals surface area contributed by atoms with Gasteiger partial charge in [-0.15, -0.1) is 0 Å². The van der Waals surface area contributed by atoms with Gasteiger partial charge in [-0.2, -0.15) is 11.8 Å². The van der Waals surface area contributed by atoms with Crippen LogP contribution in [0.1, 0.15) is 23.2 Å². The first-order chi connectivity index (χ1) is 12.2. The Morgan fingerprint density at radius 1 is 1.04 bits per heavy atom. The van der Waals surface area contributed by atoms with Gasteiger partial charge < -0.3 is 4.90 Å². The quantitative estimate of drug-likeness (QED) is 0.758. The first-order valence-electron chi connectivity index (χ1n) is 8.65. The molecule has 25 heavy (non-hydrogen) atoms. The normalized spacial score (nSPS) is 17.3. The van der Waals surface area contributed by atoms with Crippen LogP contribution in [-0.2, 0) is 4.79 Å². The van der Waals surface area contributed by atoms with Gasteiger partial charge in [0.1, 0.15) is 0 Å². The van der Waals surface area contributed by atoms with E-state index in [0.717, 1.165) is 36.1 Å². The van der Waals surface area contributed by atoms with Crippen LogP contribution < -0.4 is 0 Å². The van der Waals surface area contributed by atoms with Crippen LogP contribution in [0, 0.1) is 5.92 Å². The smallest absolute Gasteiger partial charge is 0.232 e. The van der Waals surface area contributed by atoms with Crippen LogP contribution in [0.3, 0.4) is 0 Å². The van der Waals surface area contributed by atoms with E-state index in [0.29, 0.717) is 12.3 Å². The van der Waals surface area contributed by atoms with E-state index in [1.807, 2.05) is 53.6 Å². The fourth-order valence-electron chi connectivity index (χ4n) is 3.33. The van der Waals surface area contributed by atoms with Gasteiger partial charge in [0, 0.05) is 24.6 Å². The number of benzene rings is 2. The van der Waals surface area contributed by atoms with Gasteiger partial charge >= 0.3 is 0 Å². The van der Waals surface area contributed by atoms with Crippen LogP contribution in [0.2, 0.25) is 0 Å². The Balaban J connectivity index is 1.69. The molecule has 0 aliphatic carbocycles. The number of hydrogen-bond acceptors (Lipinski definition) is 3. The van der Waals surface area contributed by atoms with Crippen molar-refractivity contribution in [1.29, 1.82) is 0 Å². The molecule has 1 amide bonds. The number of Topliss-reactive ketones (excluding diaryl/α,β-unsaturated/α-hetero) is 1. The average Bonchev–Trinajstić information content (AvgIpc) is 2.68. The van der Waals surface area contributed by atoms with Crippen molar-refractivity contribution in [3.05, 3.63) is 60.2 Å². The Bertz CT molecular complexity index is 727. The Hall–Kier alpha value is -2.07. The van der Waals surface area contributed by atoms with Crippen LogP contribution in [0.15, 0.2) is 54.6 Å². The number of ketones is 1. The lowest BCUT2D eigenvalue weighted by atomic mass is 9.89. The zero-order valence-electron chi connectivity index (χ0n) is 14.5. The van der Waals surface area contributed by atoms with Gasteiger partial charge in [0.05, 0.1) is 5.75 Å². The summed E-state index contributed by atoms with van der Waals surface area (Å²) in [5.41, 5.74) is 2.99. The highest BCUT2D eigenvalue weighted by Gasteiger charge is 2.28. The molecule has 1 unspecified atom stereocenters. The molecule has 130 valence electrons. The minimum atomic E-state index is -0.0814. The molecular weight excluding hydrogens is 330 g/mol. The zero-order chi connectivity index (χ0) is 17.6. The summed E-state index contributed by atoms with van der Waals surface area (Å²) in [5.74, 6) is 0.708. The molecule has 1 aliphatic rings. The summed E-state index contributed by atoms with van der Waals surface area (Å²) in [4.78, 5) is 26.8. The Kier molecular flexibility index (Phi) is 5.92. The lowest BCUT2D eigenvalue weighted by Crippen LogP contribution is -2.43. The van der Waals surface area contributed by atoms with Gasteiger partial charge in [0.25, 0.3) is 0 Å². The molecule has 0 bridgehead atoms. The molecule has 1 fully saturated rings. The van der Waals surface area contributed by atoms with Crippen LogP contribution in [0.25, 0.3) is 11.1 Å². The highest BCUT2D eigenvalue weighted by Crippen LogP contribution is 2.24. The highest BCUT2D eigenvalue weighted by molar-refractivity contribution is 7.99. The maximum atomic E-state index is 12.8. The van der Waals surface area contributed by atoms with Gasteiger partial charge in [0.15, 0.2) is 5.78 Å². The molecule has 0 N–H and O–H groups in total. The second-order valence-electron chi connectivity index (χ2n) is 6.42. The second-order valence-corrected chi connectivity index (χ2v) is 7.29. The van der Waals surface area contributed by atoms with E-state index in [9.17, 15) is 9.59 Å². The van der Waals surface area contributed by atoms with Gasteiger partial charge in [0.2, 0.25) is 5.91 Å². The van der Waals surface area contributed by atoms with E-state index in [-0.39, 0.29) is 17.6 Å². The van der Waals surface area contributed by atoms with E-state index >= 15 is 0 Å². The summed E-state index contributed by atoms with van der Waals surface area (Å²) >= 11 is 1.53. The van der Waals surface area contributed by atoms with Crippen molar-refractivity contribution in [3.63, 3.8) is 0 Å². The number of hydrogen-bond donors (Lipinski definition) is 0. The number of rotatable bonds is 5. The standard InChI is InChI=1S/C21H23NO2S/c1-25-15-20(23)22-13-5-8-19(14-22)21(24)18-11-9-17(10-12-18)16-6-3-2-4-7-16/h2-4,6-7,9-12,19H,5,8,13-15H2,1H3. The fraction of sp³-hybridized carbons (Fsp3) is 0.333. The summed E-state index contributed by atoms with van der Waals surface area (Å²) in [6, 6.07) is 18.0. The van der Waals surface area contributed by atoms with E-state index in [2.05, 4.69) is 12.1 Å². The Labute approximate surface area is 153 Å². The first-order valence-corrected chi connectivity index (χ1v) is 10.0. The van der Waals surface area contributed by atoms with E-state index in [4.69, 9.17) is 0 Å². The van der Waals surface area contributed by atoms with Gasteiger partial charge in [-0.05, 0) is 30.2 Å². The molecule has 3 nitrogen and oxygen atoms in total. The van der Waals surface area contributed by atoms with Crippen molar-refractivity contribution < 1.29 is 9.59 Å². The fourth-order valence-corrected chi connectivity index (χ4v) is 3.76. The summed E-state index contributed by atoms with van der Waals surface area (Å²) in [6.07, 6.45) is 3.69. The predicted molar refractivity (Wildman–Crippen MR) is 104 cm³/mol. The van der Waals surface area contributed by atoms with Crippen molar-refractivity contribution in [1.82, 2.24) is 4.90 Å². The zero-order valence-corrected chi connectivity index (χ0v) is 15.3. The lowest BCUT2D eigenvalue weighted by molar-refractivity contribution is -0.129. The molecular formula is C21H23NO2S. The summed E-state index contributed by atoms with van der Waals surface area (Å²) < 4.78 is 0. The van der Waals surface area contributed by atoms with Gasteiger partial charge in [-0.25, -0.2) is 0 Å². The monoisotopic (exact) mass is 353 g/mol. The van der Waals surface area contributed by atoms with Gasteiger partial charge in [-0.1, -0.05) is 54.6 Å². The van der Waals surface area contributed by atoms with Crippen LogP contribution >= 0.6 is 11.8 Å². The summed E-state index contributed by atoms with van der Waals surface area (Å²) in [6.45, 7) is 1.33. The van der Waals surface area contributed by atoms with Crippen LogP contribution in [0.5, 0.6) is 0 Å². The number of nitrogens with zero attached hydrogens (tertiary/aromatic N) is 1. The third-order valence-corrected chi connectivity index (χ3v) is 5.22. The number of carbonyl (C=O) groups is 2. The van der Waals surface area contributed by atoms with Crippen molar-refractivity contribution in [2.75, 3.05) is 25.1 Å². The molecule has 0 radical (unpaired) electrons. The van der Waals surface area contributed by atoms with Crippen molar-refractivity contribution in [2.24, 2.45) is 5.92 Å². The maximum absolute atomic E-state index is 12.8. The molecule has 1 saturated heterocycles. The van der Waals surface area contributed by atoms with E-state index in [1.54, 1.807) is 0 Å².